The smallest absolute Gasteiger partial charge is 0.156 e. The first-order chi connectivity index (χ1) is 7.81. The van der Waals surface area contributed by atoms with Crippen LogP contribution in [0.3, 0.4) is 0 Å². The number of aromatic nitrogens is 3. The third-order valence-electron chi connectivity index (χ3n) is 1.92. The molecule has 2 rings (SSSR count). The van der Waals surface area contributed by atoms with Gasteiger partial charge >= 0.3 is 0 Å². The van der Waals surface area contributed by atoms with E-state index in [0.29, 0.717) is 0 Å². The van der Waals surface area contributed by atoms with Gasteiger partial charge in [0.2, 0.25) is 0 Å². The average Bonchev–Trinajstić information content (AvgIpc) is 2.81. The molecule has 2 aromatic heterocycles. The van der Waals surface area contributed by atoms with Crippen molar-refractivity contribution < 1.29 is 0 Å². The molecule has 0 aliphatic carbocycles. The number of rotatable bonds is 4. The van der Waals surface area contributed by atoms with Crippen molar-refractivity contribution in [2.24, 2.45) is 0 Å². The van der Waals surface area contributed by atoms with Gasteiger partial charge in [0.1, 0.15) is 16.7 Å². The highest BCUT2D eigenvalue weighted by molar-refractivity contribution is 8.01. The highest BCUT2D eigenvalue weighted by Gasteiger charge is 2.05. The van der Waals surface area contributed by atoms with Crippen molar-refractivity contribution in [3.05, 3.63) is 23.5 Å². The fourth-order valence-corrected chi connectivity index (χ4v) is 2.75. The molecular formula is C10H12N4S2. The van der Waals surface area contributed by atoms with Crippen molar-refractivity contribution in [1.29, 1.82) is 0 Å². The number of hydrogen-bond acceptors (Lipinski definition) is 6. The van der Waals surface area contributed by atoms with Gasteiger partial charge in [-0.25, -0.2) is 15.0 Å². The Hall–Kier alpha value is -1.14. The summed E-state index contributed by atoms with van der Waals surface area (Å²) in [6.45, 7) is 2.05. The fourth-order valence-electron chi connectivity index (χ4n) is 1.16. The molecule has 0 radical (unpaired) electrons. The summed E-state index contributed by atoms with van der Waals surface area (Å²) in [6.07, 6.45) is 2.63. The highest BCUT2D eigenvalue weighted by Crippen LogP contribution is 2.28. The zero-order chi connectivity index (χ0) is 11.4. The van der Waals surface area contributed by atoms with Crippen molar-refractivity contribution in [3.8, 4) is 0 Å². The largest absolute Gasteiger partial charge is 0.373 e. The lowest BCUT2D eigenvalue weighted by molar-refractivity contribution is 0.891. The Balaban J connectivity index is 2.26. The third-order valence-corrected chi connectivity index (χ3v) is 3.72. The Morgan fingerprint density at radius 1 is 1.44 bits per heavy atom. The summed E-state index contributed by atoms with van der Waals surface area (Å²) in [5.41, 5.74) is 0. The molecule has 84 valence electrons. The number of nitrogens with one attached hydrogen (secondary N) is 1. The summed E-state index contributed by atoms with van der Waals surface area (Å²) in [7, 11) is 1.86. The topological polar surface area (TPSA) is 50.7 Å². The summed E-state index contributed by atoms with van der Waals surface area (Å²) < 4.78 is 1.00. The van der Waals surface area contributed by atoms with Crippen molar-refractivity contribution in [2.75, 3.05) is 12.4 Å². The normalized spacial score (nSPS) is 10.4. The molecule has 0 fully saturated rings. The van der Waals surface area contributed by atoms with E-state index < -0.39 is 0 Å². The number of hydrogen-bond donors (Lipinski definition) is 1. The van der Waals surface area contributed by atoms with Gasteiger partial charge in [-0.15, -0.1) is 11.3 Å². The predicted molar refractivity (Wildman–Crippen MR) is 67.2 cm³/mol. The first kappa shape index (κ1) is 11.3. The minimum Gasteiger partial charge on any atom is -0.373 e. The number of thiazole rings is 1. The second-order valence-electron chi connectivity index (χ2n) is 3.01. The van der Waals surface area contributed by atoms with Gasteiger partial charge in [0.05, 0.1) is 0 Å². The zero-order valence-electron chi connectivity index (χ0n) is 9.10. The number of nitrogens with zero attached hydrogens (tertiary/aromatic N) is 3. The van der Waals surface area contributed by atoms with Crippen LogP contribution < -0.4 is 5.32 Å². The number of aryl methyl sites for hydroxylation is 1. The van der Waals surface area contributed by atoms with Gasteiger partial charge in [-0.05, 0) is 11.8 Å². The Morgan fingerprint density at radius 2 is 2.31 bits per heavy atom. The van der Waals surface area contributed by atoms with Crippen LogP contribution in [0.15, 0.2) is 27.0 Å². The minimum atomic E-state index is 0.834. The molecule has 0 atom stereocenters. The van der Waals surface area contributed by atoms with E-state index in [2.05, 4.69) is 20.3 Å². The van der Waals surface area contributed by atoms with Crippen LogP contribution in [-0.4, -0.2) is 22.0 Å². The molecule has 0 aliphatic heterocycles. The molecule has 0 aromatic carbocycles. The van der Waals surface area contributed by atoms with Crippen LogP contribution in [0.5, 0.6) is 0 Å². The first-order valence-corrected chi connectivity index (χ1v) is 6.64. The lowest BCUT2D eigenvalue weighted by Gasteiger charge is -2.04. The van der Waals surface area contributed by atoms with Gasteiger partial charge in [-0.3, -0.25) is 0 Å². The predicted octanol–water partition coefficient (Wildman–Crippen LogP) is 2.69. The van der Waals surface area contributed by atoms with E-state index in [1.165, 1.54) is 0 Å². The zero-order valence-corrected chi connectivity index (χ0v) is 10.7. The quantitative estimate of drug-likeness (QED) is 0.848. The summed E-state index contributed by atoms with van der Waals surface area (Å²) in [5, 5.41) is 5.94. The maximum absolute atomic E-state index is 4.45. The van der Waals surface area contributed by atoms with Crippen LogP contribution >= 0.6 is 23.1 Å². The van der Waals surface area contributed by atoms with Gasteiger partial charge in [0.15, 0.2) is 4.34 Å². The van der Waals surface area contributed by atoms with Crippen LogP contribution in [0.2, 0.25) is 0 Å². The van der Waals surface area contributed by atoms with Crippen LogP contribution in [0.4, 0.5) is 5.82 Å². The lowest BCUT2D eigenvalue weighted by atomic mass is 10.4. The van der Waals surface area contributed by atoms with Crippen LogP contribution in [0.1, 0.15) is 12.7 Å². The molecule has 0 saturated heterocycles. The van der Waals surface area contributed by atoms with Gasteiger partial charge < -0.3 is 5.32 Å². The fraction of sp³-hybridized carbons (Fsp3) is 0.300. The summed E-state index contributed by atoms with van der Waals surface area (Å²) in [6, 6.07) is 1.94. The lowest BCUT2D eigenvalue weighted by Crippen LogP contribution is -1.99. The second kappa shape index (κ2) is 5.27. The molecule has 0 amide bonds. The van der Waals surface area contributed by atoms with E-state index >= 15 is 0 Å². The molecule has 0 spiro atoms. The standard InChI is InChI=1S/C10H12N4S2/c1-3-7-13-8(11-2)6-9(14-7)16-10-12-4-5-15-10/h4-6H,3H2,1-2H3,(H,11,13,14). The van der Waals surface area contributed by atoms with Crippen LogP contribution in [0.25, 0.3) is 0 Å². The van der Waals surface area contributed by atoms with Crippen LogP contribution in [0, 0.1) is 0 Å². The Kier molecular flexibility index (Phi) is 3.74. The summed E-state index contributed by atoms with van der Waals surface area (Å²) in [5.74, 6) is 1.71. The third kappa shape index (κ3) is 2.70. The minimum absolute atomic E-state index is 0.834. The molecule has 0 bridgehead atoms. The SMILES string of the molecule is CCc1nc(NC)cc(Sc2nccs2)n1. The first-order valence-electron chi connectivity index (χ1n) is 4.95. The average molecular weight is 252 g/mol. The summed E-state index contributed by atoms with van der Waals surface area (Å²) in [4.78, 5) is 13.0. The van der Waals surface area contributed by atoms with E-state index in [4.69, 9.17) is 0 Å². The maximum atomic E-state index is 4.45. The van der Waals surface area contributed by atoms with E-state index in [-0.39, 0.29) is 0 Å². The molecular weight excluding hydrogens is 240 g/mol. The van der Waals surface area contributed by atoms with Gasteiger partial charge in [-0.2, -0.15) is 0 Å². The molecule has 4 nitrogen and oxygen atoms in total. The Morgan fingerprint density at radius 3 is 2.94 bits per heavy atom. The number of anilines is 1. The van der Waals surface area contributed by atoms with Crippen molar-refractivity contribution in [1.82, 2.24) is 15.0 Å². The van der Waals surface area contributed by atoms with Gasteiger partial charge in [-0.1, -0.05) is 6.92 Å². The van der Waals surface area contributed by atoms with Crippen molar-refractivity contribution in [2.45, 2.75) is 22.7 Å². The van der Waals surface area contributed by atoms with E-state index in [0.717, 1.165) is 27.4 Å². The molecule has 2 heterocycles. The molecule has 0 unspecified atom stereocenters. The molecule has 1 N–H and O–H groups in total. The van der Waals surface area contributed by atoms with Crippen molar-refractivity contribution in [3.63, 3.8) is 0 Å². The highest BCUT2D eigenvalue weighted by atomic mass is 32.2. The molecule has 0 aliphatic rings. The van der Waals surface area contributed by atoms with Gasteiger partial charge in [0, 0.05) is 31.1 Å². The monoisotopic (exact) mass is 252 g/mol. The molecule has 6 heteroatoms. The van der Waals surface area contributed by atoms with E-state index in [9.17, 15) is 0 Å². The maximum Gasteiger partial charge on any atom is 0.156 e. The Bertz CT molecular complexity index is 434. The van der Waals surface area contributed by atoms with E-state index in [1.807, 2.05) is 25.4 Å². The van der Waals surface area contributed by atoms with Crippen molar-refractivity contribution >= 4 is 28.9 Å². The summed E-state index contributed by atoms with van der Waals surface area (Å²) >= 11 is 3.19. The van der Waals surface area contributed by atoms with E-state index in [1.54, 1.807) is 29.3 Å². The second-order valence-corrected chi connectivity index (χ2v) is 5.17. The Labute approximate surface area is 103 Å². The molecule has 0 saturated carbocycles. The van der Waals surface area contributed by atoms with Crippen LogP contribution in [-0.2, 0) is 6.42 Å². The van der Waals surface area contributed by atoms with Gasteiger partial charge in [0.25, 0.3) is 0 Å². The molecule has 2 aromatic rings. The molecule has 16 heavy (non-hydrogen) atoms.